The summed E-state index contributed by atoms with van der Waals surface area (Å²) >= 11 is 0. The van der Waals surface area contributed by atoms with Crippen molar-refractivity contribution in [3.05, 3.63) is 29.8 Å². The Bertz CT molecular complexity index is 326. The van der Waals surface area contributed by atoms with Crippen LogP contribution in [-0.2, 0) is 0 Å². The van der Waals surface area contributed by atoms with E-state index in [9.17, 15) is 0 Å². The molecule has 0 aliphatic heterocycles. The molecule has 3 nitrogen and oxygen atoms in total. The standard InChI is InChI=1S/C14H24N2O/c1-4-11-17-14-8-6-5-7-12(14)13(15)9-10-16(2)3/h5-8,13H,4,9-11,15H2,1-3H3. The maximum absolute atomic E-state index is 6.21. The first-order chi connectivity index (χ1) is 8.15. The van der Waals surface area contributed by atoms with Gasteiger partial charge in [0.25, 0.3) is 0 Å². The molecule has 0 aromatic heterocycles. The van der Waals surface area contributed by atoms with Crippen LogP contribution in [0, 0.1) is 0 Å². The van der Waals surface area contributed by atoms with Crippen molar-refractivity contribution in [2.45, 2.75) is 25.8 Å². The molecule has 0 saturated heterocycles. The van der Waals surface area contributed by atoms with Crippen LogP contribution in [0.1, 0.15) is 31.4 Å². The van der Waals surface area contributed by atoms with Crippen LogP contribution >= 0.6 is 0 Å². The summed E-state index contributed by atoms with van der Waals surface area (Å²) in [5.74, 6) is 0.931. The average molecular weight is 236 g/mol. The number of benzene rings is 1. The van der Waals surface area contributed by atoms with Gasteiger partial charge in [0.05, 0.1) is 6.61 Å². The summed E-state index contributed by atoms with van der Waals surface area (Å²) in [5, 5.41) is 0. The second-order valence-corrected chi connectivity index (χ2v) is 4.58. The molecule has 1 atom stereocenters. The lowest BCUT2D eigenvalue weighted by Gasteiger charge is -2.18. The summed E-state index contributed by atoms with van der Waals surface area (Å²) in [4.78, 5) is 2.15. The van der Waals surface area contributed by atoms with E-state index in [1.165, 1.54) is 0 Å². The Morgan fingerprint density at radius 1 is 1.29 bits per heavy atom. The van der Waals surface area contributed by atoms with Gasteiger partial charge in [0.2, 0.25) is 0 Å². The fraction of sp³-hybridized carbons (Fsp3) is 0.571. The van der Waals surface area contributed by atoms with E-state index in [-0.39, 0.29) is 6.04 Å². The highest BCUT2D eigenvalue weighted by Gasteiger charge is 2.11. The fourth-order valence-corrected chi connectivity index (χ4v) is 1.68. The quantitative estimate of drug-likeness (QED) is 0.790. The molecule has 0 aliphatic rings. The molecule has 0 saturated carbocycles. The summed E-state index contributed by atoms with van der Waals surface area (Å²) in [7, 11) is 4.12. The van der Waals surface area contributed by atoms with Crippen molar-refractivity contribution in [2.24, 2.45) is 5.73 Å². The molecule has 0 amide bonds. The van der Waals surface area contributed by atoms with E-state index in [2.05, 4.69) is 32.0 Å². The van der Waals surface area contributed by atoms with Crippen molar-refractivity contribution in [3.8, 4) is 5.75 Å². The molecular weight excluding hydrogens is 212 g/mol. The highest BCUT2D eigenvalue weighted by atomic mass is 16.5. The van der Waals surface area contributed by atoms with E-state index in [1.54, 1.807) is 0 Å². The molecule has 1 rings (SSSR count). The number of ether oxygens (including phenoxy) is 1. The van der Waals surface area contributed by atoms with E-state index in [4.69, 9.17) is 10.5 Å². The normalized spacial score (nSPS) is 12.8. The predicted octanol–water partition coefficient (Wildman–Crippen LogP) is 2.43. The molecule has 0 heterocycles. The number of rotatable bonds is 7. The lowest BCUT2D eigenvalue weighted by molar-refractivity contribution is 0.309. The van der Waals surface area contributed by atoms with Crippen molar-refractivity contribution >= 4 is 0 Å². The van der Waals surface area contributed by atoms with E-state index in [0.29, 0.717) is 0 Å². The second kappa shape index (κ2) is 7.30. The summed E-state index contributed by atoms with van der Waals surface area (Å²) in [6.07, 6.45) is 1.96. The van der Waals surface area contributed by atoms with Gasteiger partial charge in [0.15, 0.2) is 0 Å². The molecule has 1 unspecified atom stereocenters. The Morgan fingerprint density at radius 2 is 2.00 bits per heavy atom. The zero-order valence-electron chi connectivity index (χ0n) is 11.1. The second-order valence-electron chi connectivity index (χ2n) is 4.58. The van der Waals surface area contributed by atoms with Gasteiger partial charge in [-0.2, -0.15) is 0 Å². The highest BCUT2D eigenvalue weighted by molar-refractivity contribution is 5.35. The van der Waals surface area contributed by atoms with Gasteiger partial charge in [-0.3, -0.25) is 0 Å². The number of nitrogens with two attached hydrogens (primary N) is 1. The first-order valence-corrected chi connectivity index (χ1v) is 6.27. The monoisotopic (exact) mass is 236 g/mol. The molecule has 2 N–H and O–H groups in total. The number of nitrogens with zero attached hydrogens (tertiary/aromatic N) is 1. The molecule has 1 aromatic rings. The van der Waals surface area contributed by atoms with Crippen LogP contribution in [-0.4, -0.2) is 32.1 Å². The largest absolute Gasteiger partial charge is 0.493 e. The number of hydrogen-bond acceptors (Lipinski definition) is 3. The van der Waals surface area contributed by atoms with Gasteiger partial charge in [0.1, 0.15) is 5.75 Å². The highest BCUT2D eigenvalue weighted by Crippen LogP contribution is 2.25. The summed E-state index contributed by atoms with van der Waals surface area (Å²) < 4.78 is 5.72. The van der Waals surface area contributed by atoms with Gasteiger partial charge in [-0.05, 0) is 39.5 Å². The Kier molecular flexibility index (Phi) is 6.01. The Balaban J connectivity index is 2.67. The van der Waals surface area contributed by atoms with Crippen LogP contribution in [0.4, 0.5) is 0 Å². The first kappa shape index (κ1) is 14.0. The third-order valence-electron chi connectivity index (χ3n) is 2.67. The SMILES string of the molecule is CCCOc1ccccc1C(N)CCN(C)C. The maximum Gasteiger partial charge on any atom is 0.124 e. The van der Waals surface area contributed by atoms with Crippen LogP contribution in [0.15, 0.2) is 24.3 Å². The summed E-state index contributed by atoms with van der Waals surface area (Å²) in [6, 6.07) is 8.12. The van der Waals surface area contributed by atoms with Crippen molar-refractivity contribution in [1.82, 2.24) is 4.90 Å². The van der Waals surface area contributed by atoms with Crippen LogP contribution in [0.5, 0.6) is 5.75 Å². The molecule has 1 aromatic carbocycles. The third-order valence-corrected chi connectivity index (χ3v) is 2.67. The van der Waals surface area contributed by atoms with Gasteiger partial charge < -0.3 is 15.4 Å². The number of para-hydroxylation sites is 1. The van der Waals surface area contributed by atoms with Gasteiger partial charge in [-0.25, -0.2) is 0 Å². The Morgan fingerprint density at radius 3 is 2.65 bits per heavy atom. The fourth-order valence-electron chi connectivity index (χ4n) is 1.68. The van der Waals surface area contributed by atoms with Gasteiger partial charge >= 0.3 is 0 Å². The van der Waals surface area contributed by atoms with Gasteiger partial charge in [0, 0.05) is 11.6 Å². The maximum atomic E-state index is 6.21. The van der Waals surface area contributed by atoms with E-state index in [0.717, 1.165) is 37.3 Å². The van der Waals surface area contributed by atoms with Crippen LogP contribution < -0.4 is 10.5 Å². The molecular formula is C14H24N2O. The van der Waals surface area contributed by atoms with Crippen molar-refractivity contribution in [1.29, 1.82) is 0 Å². The lowest BCUT2D eigenvalue weighted by atomic mass is 10.0. The smallest absolute Gasteiger partial charge is 0.124 e. The summed E-state index contributed by atoms with van der Waals surface area (Å²) in [5.41, 5.74) is 7.32. The van der Waals surface area contributed by atoms with E-state index in [1.807, 2.05) is 18.2 Å². The van der Waals surface area contributed by atoms with Crippen molar-refractivity contribution in [3.63, 3.8) is 0 Å². The topological polar surface area (TPSA) is 38.5 Å². The minimum absolute atomic E-state index is 0.0467. The Labute approximate surface area is 105 Å². The van der Waals surface area contributed by atoms with Gasteiger partial charge in [-0.1, -0.05) is 25.1 Å². The zero-order chi connectivity index (χ0) is 12.7. The van der Waals surface area contributed by atoms with Crippen LogP contribution in [0.3, 0.4) is 0 Å². The minimum atomic E-state index is 0.0467. The molecule has 3 heteroatoms. The molecule has 0 radical (unpaired) electrons. The van der Waals surface area contributed by atoms with Crippen molar-refractivity contribution < 1.29 is 4.74 Å². The van der Waals surface area contributed by atoms with E-state index >= 15 is 0 Å². The molecule has 0 spiro atoms. The average Bonchev–Trinajstić information content (AvgIpc) is 2.33. The molecule has 0 bridgehead atoms. The lowest BCUT2D eigenvalue weighted by Crippen LogP contribution is -2.20. The zero-order valence-corrected chi connectivity index (χ0v) is 11.1. The van der Waals surface area contributed by atoms with E-state index < -0.39 is 0 Å². The molecule has 0 fully saturated rings. The molecule has 17 heavy (non-hydrogen) atoms. The first-order valence-electron chi connectivity index (χ1n) is 6.27. The predicted molar refractivity (Wildman–Crippen MR) is 72.3 cm³/mol. The number of hydrogen-bond donors (Lipinski definition) is 1. The minimum Gasteiger partial charge on any atom is -0.493 e. The summed E-state index contributed by atoms with van der Waals surface area (Å²) in [6.45, 7) is 3.84. The Hall–Kier alpha value is -1.06. The van der Waals surface area contributed by atoms with Crippen LogP contribution in [0.2, 0.25) is 0 Å². The molecule has 0 aliphatic carbocycles. The third kappa shape index (κ3) is 4.75. The van der Waals surface area contributed by atoms with Crippen LogP contribution in [0.25, 0.3) is 0 Å². The van der Waals surface area contributed by atoms with Crippen molar-refractivity contribution in [2.75, 3.05) is 27.2 Å². The van der Waals surface area contributed by atoms with Gasteiger partial charge in [-0.15, -0.1) is 0 Å². The molecule has 96 valence electrons.